The SMILES string of the molecule is CCCN1Cc2c(n(CC(=O)NCCOC)c3cc(-c4ccccc4)nn3c2=O)C1=O. The van der Waals surface area contributed by atoms with E-state index in [1.54, 1.807) is 22.6 Å². The Bertz CT molecular complexity index is 1180. The number of hydrogen-bond donors (Lipinski definition) is 1. The minimum Gasteiger partial charge on any atom is -0.383 e. The van der Waals surface area contributed by atoms with Crippen molar-refractivity contribution < 1.29 is 14.3 Å². The maximum Gasteiger partial charge on any atom is 0.280 e. The van der Waals surface area contributed by atoms with Crippen LogP contribution in [0.15, 0.2) is 41.2 Å². The summed E-state index contributed by atoms with van der Waals surface area (Å²) < 4.78 is 7.88. The Labute approximate surface area is 179 Å². The lowest BCUT2D eigenvalue weighted by Gasteiger charge is -2.15. The minimum absolute atomic E-state index is 0.0958. The number of aromatic nitrogens is 3. The molecule has 3 heterocycles. The Balaban J connectivity index is 1.84. The summed E-state index contributed by atoms with van der Waals surface area (Å²) in [6.45, 7) is 3.40. The molecule has 0 aliphatic carbocycles. The van der Waals surface area contributed by atoms with Crippen LogP contribution in [0.25, 0.3) is 16.9 Å². The van der Waals surface area contributed by atoms with Gasteiger partial charge in [0.15, 0.2) is 0 Å². The molecule has 1 aliphatic rings. The zero-order valence-electron chi connectivity index (χ0n) is 17.6. The third-order valence-corrected chi connectivity index (χ3v) is 5.31. The summed E-state index contributed by atoms with van der Waals surface area (Å²) in [6, 6.07) is 11.2. The summed E-state index contributed by atoms with van der Waals surface area (Å²) in [5.41, 5.74) is 2.19. The van der Waals surface area contributed by atoms with Crippen LogP contribution in [-0.4, -0.2) is 57.7 Å². The molecule has 0 radical (unpaired) electrons. The molecule has 2 aromatic heterocycles. The lowest BCUT2D eigenvalue weighted by molar-refractivity contribution is -0.121. The van der Waals surface area contributed by atoms with Crippen molar-refractivity contribution in [3.05, 3.63) is 58.0 Å². The van der Waals surface area contributed by atoms with Crippen LogP contribution >= 0.6 is 0 Å². The molecule has 9 nitrogen and oxygen atoms in total. The molecule has 0 bridgehead atoms. The van der Waals surface area contributed by atoms with E-state index in [0.29, 0.717) is 36.6 Å². The van der Waals surface area contributed by atoms with E-state index in [1.807, 2.05) is 37.3 Å². The maximum atomic E-state index is 13.2. The number of rotatable bonds is 8. The van der Waals surface area contributed by atoms with E-state index in [4.69, 9.17) is 4.74 Å². The molecule has 0 atom stereocenters. The fourth-order valence-corrected chi connectivity index (χ4v) is 3.87. The van der Waals surface area contributed by atoms with Gasteiger partial charge in [-0.15, -0.1) is 0 Å². The summed E-state index contributed by atoms with van der Waals surface area (Å²) in [5.74, 6) is -0.502. The van der Waals surface area contributed by atoms with E-state index in [9.17, 15) is 14.4 Å². The predicted molar refractivity (Wildman–Crippen MR) is 115 cm³/mol. The molecule has 3 aromatic rings. The van der Waals surface area contributed by atoms with Crippen molar-refractivity contribution in [2.75, 3.05) is 26.8 Å². The number of benzene rings is 1. The number of amides is 2. The van der Waals surface area contributed by atoms with Gasteiger partial charge < -0.3 is 19.5 Å². The zero-order valence-corrected chi connectivity index (χ0v) is 17.6. The standard InChI is InChI=1S/C22H25N5O4/c1-3-10-25-13-16-20(22(25)30)26(14-18(28)23-9-11-31-2)19-12-17(24-27(19)21(16)29)15-7-5-4-6-8-15/h4-8,12H,3,9-11,13-14H2,1-2H3,(H,23,28). The van der Waals surface area contributed by atoms with Gasteiger partial charge in [0.2, 0.25) is 5.91 Å². The van der Waals surface area contributed by atoms with Gasteiger partial charge >= 0.3 is 0 Å². The second-order valence-corrected chi connectivity index (χ2v) is 7.45. The molecule has 1 N–H and O–H groups in total. The largest absolute Gasteiger partial charge is 0.383 e. The predicted octanol–water partition coefficient (Wildman–Crippen LogP) is 1.29. The van der Waals surface area contributed by atoms with Crippen molar-refractivity contribution in [2.45, 2.75) is 26.4 Å². The Morgan fingerprint density at radius 2 is 2.00 bits per heavy atom. The highest BCUT2D eigenvalue weighted by Gasteiger charge is 2.34. The first-order valence-electron chi connectivity index (χ1n) is 10.3. The van der Waals surface area contributed by atoms with Gasteiger partial charge in [0, 0.05) is 31.8 Å². The van der Waals surface area contributed by atoms with Crippen molar-refractivity contribution in [1.82, 2.24) is 24.4 Å². The number of ether oxygens (including phenoxy) is 1. The molecule has 162 valence electrons. The van der Waals surface area contributed by atoms with Gasteiger partial charge in [-0.3, -0.25) is 14.4 Å². The molecule has 2 amide bonds. The van der Waals surface area contributed by atoms with E-state index in [-0.39, 0.29) is 36.2 Å². The quantitative estimate of drug-likeness (QED) is 0.551. The van der Waals surface area contributed by atoms with Gasteiger partial charge in [-0.05, 0) is 6.42 Å². The topological polar surface area (TPSA) is 97.9 Å². The Hall–Kier alpha value is -3.46. The van der Waals surface area contributed by atoms with Crippen molar-refractivity contribution in [3.63, 3.8) is 0 Å². The van der Waals surface area contributed by atoms with Gasteiger partial charge in [0.05, 0.1) is 24.4 Å². The first-order chi connectivity index (χ1) is 15.0. The minimum atomic E-state index is -0.324. The van der Waals surface area contributed by atoms with Crippen LogP contribution in [0.3, 0.4) is 0 Å². The van der Waals surface area contributed by atoms with Crippen molar-refractivity contribution >= 4 is 17.5 Å². The highest BCUT2D eigenvalue weighted by molar-refractivity contribution is 5.98. The molecular formula is C22H25N5O4. The summed E-state index contributed by atoms with van der Waals surface area (Å²) in [7, 11) is 1.56. The van der Waals surface area contributed by atoms with Crippen LogP contribution in [0.4, 0.5) is 0 Å². The van der Waals surface area contributed by atoms with Crippen LogP contribution in [0.2, 0.25) is 0 Å². The van der Waals surface area contributed by atoms with Gasteiger partial charge in [0.25, 0.3) is 11.5 Å². The molecule has 1 aromatic carbocycles. The molecule has 0 unspecified atom stereocenters. The number of hydrogen-bond acceptors (Lipinski definition) is 5. The Morgan fingerprint density at radius 3 is 2.71 bits per heavy atom. The summed E-state index contributed by atoms with van der Waals surface area (Å²) in [6.07, 6.45) is 0.778. The number of nitrogens with zero attached hydrogens (tertiary/aromatic N) is 4. The lowest BCUT2D eigenvalue weighted by atomic mass is 10.1. The van der Waals surface area contributed by atoms with Gasteiger partial charge in [0.1, 0.15) is 17.9 Å². The van der Waals surface area contributed by atoms with E-state index >= 15 is 0 Å². The lowest BCUT2D eigenvalue weighted by Crippen LogP contribution is -2.34. The number of methoxy groups -OCH3 is 1. The monoisotopic (exact) mass is 423 g/mol. The van der Waals surface area contributed by atoms with Crippen molar-refractivity contribution in [2.24, 2.45) is 0 Å². The molecule has 1 aliphatic heterocycles. The van der Waals surface area contributed by atoms with E-state index in [2.05, 4.69) is 10.4 Å². The van der Waals surface area contributed by atoms with Crippen LogP contribution in [0.5, 0.6) is 0 Å². The van der Waals surface area contributed by atoms with Crippen molar-refractivity contribution in [3.8, 4) is 11.3 Å². The maximum absolute atomic E-state index is 13.2. The van der Waals surface area contributed by atoms with Gasteiger partial charge in [-0.2, -0.15) is 9.61 Å². The normalized spacial score (nSPS) is 13.1. The molecule has 0 fully saturated rings. The number of nitrogens with one attached hydrogen (secondary N) is 1. The summed E-state index contributed by atoms with van der Waals surface area (Å²) >= 11 is 0. The third kappa shape index (κ3) is 3.84. The average molecular weight is 423 g/mol. The van der Waals surface area contributed by atoms with E-state index < -0.39 is 0 Å². The molecule has 0 saturated carbocycles. The number of carbonyl (C=O) groups is 2. The average Bonchev–Trinajstić information content (AvgIpc) is 3.35. The molecule has 0 spiro atoms. The van der Waals surface area contributed by atoms with E-state index in [1.165, 1.54) is 4.52 Å². The zero-order chi connectivity index (χ0) is 22.0. The molecule has 31 heavy (non-hydrogen) atoms. The first-order valence-corrected chi connectivity index (χ1v) is 10.3. The number of carbonyl (C=O) groups excluding carboxylic acids is 2. The highest BCUT2D eigenvalue weighted by Crippen LogP contribution is 2.25. The third-order valence-electron chi connectivity index (χ3n) is 5.31. The second-order valence-electron chi connectivity index (χ2n) is 7.45. The molecular weight excluding hydrogens is 398 g/mol. The first kappa shape index (κ1) is 20.8. The Kier molecular flexibility index (Phi) is 5.85. The summed E-state index contributed by atoms with van der Waals surface area (Å²) in [4.78, 5) is 40.5. The molecule has 9 heteroatoms. The summed E-state index contributed by atoms with van der Waals surface area (Å²) in [5, 5.41) is 7.28. The van der Waals surface area contributed by atoms with Gasteiger partial charge in [-0.25, -0.2) is 0 Å². The fourth-order valence-electron chi connectivity index (χ4n) is 3.87. The highest BCUT2D eigenvalue weighted by atomic mass is 16.5. The van der Waals surface area contributed by atoms with Crippen LogP contribution < -0.4 is 10.9 Å². The van der Waals surface area contributed by atoms with Crippen molar-refractivity contribution in [1.29, 1.82) is 0 Å². The van der Waals surface area contributed by atoms with Crippen LogP contribution in [0.1, 0.15) is 29.4 Å². The number of fused-ring (bicyclic) bond motifs is 2. The second kappa shape index (κ2) is 8.73. The smallest absolute Gasteiger partial charge is 0.280 e. The molecule has 4 rings (SSSR count). The fraction of sp³-hybridized carbons (Fsp3) is 0.364. The van der Waals surface area contributed by atoms with Gasteiger partial charge in [-0.1, -0.05) is 37.3 Å². The Morgan fingerprint density at radius 1 is 1.23 bits per heavy atom. The molecule has 0 saturated heterocycles. The van der Waals surface area contributed by atoms with E-state index in [0.717, 1.165) is 12.0 Å². The van der Waals surface area contributed by atoms with Crippen LogP contribution in [-0.2, 0) is 22.6 Å². The van der Waals surface area contributed by atoms with Crippen LogP contribution in [0, 0.1) is 0 Å².